The van der Waals surface area contributed by atoms with Gasteiger partial charge < -0.3 is 15.6 Å². The minimum Gasteiger partial charge on any atom is -0.506 e. The number of benzene rings is 1. The molecule has 7 heteroatoms. The van der Waals surface area contributed by atoms with Crippen LogP contribution in [0.25, 0.3) is 0 Å². The number of nitrogen functional groups attached to an aromatic ring is 1. The maximum absolute atomic E-state index is 10.9. The molecule has 0 amide bonds. The molecule has 0 heterocycles. The summed E-state index contributed by atoms with van der Waals surface area (Å²) in [6.45, 7) is 0. The Bertz CT molecular complexity index is 472. The molecule has 16 heavy (non-hydrogen) atoms. The van der Waals surface area contributed by atoms with Crippen LogP contribution in [0.3, 0.4) is 0 Å². The van der Waals surface area contributed by atoms with Crippen LogP contribution in [0.2, 0.25) is 0 Å². The number of sulfonamides is 1. The van der Waals surface area contributed by atoms with Gasteiger partial charge in [-0.3, -0.25) is 0 Å². The van der Waals surface area contributed by atoms with Crippen LogP contribution in [0.5, 0.6) is 5.75 Å². The van der Waals surface area contributed by atoms with Crippen LogP contribution in [-0.4, -0.2) is 26.4 Å². The van der Waals surface area contributed by atoms with Crippen molar-refractivity contribution in [1.29, 1.82) is 0 Å². The highest BCUT2D eigenvalue weighted by atomic mass is 32.2. The van der Waals surface area contributed by atoms with E-state index in [0.29, 0.717) is 5.56 Å². The first-order valence-electron chi connectivity index (χ1n) is 4.45. The molecule has 0 aliphatic rings. The molecule has 0 spiro atoms. The number of hydrogen-bond acceptors (Lipinski definition) is 5. The van der Waals surface area contributed by atoms with Gasteiger partial charge in [0.05, 0.1) is 17.5 Å². The molecular weight excluding hydrogens is 232 g/mol. The van der Waals surface area contributed by atoms with Crippen LogP contribution in [0.4, 0.5) is 5.69 Å². The van der Waals surface area contributed by atoms with Gasteiger partial charge in [-0.25, -0.2) is 13.6 Å². The second-order valence-electron chi connectivity index (χ2n) is 3.37. The van der Waals surface area contributed by atoms with Gasteiger partial charge in [-0.15, -0.1) is 0 Å². The fourth-order valence-electron chi connectivity index (χ4n) is 1.28. The van der Waals surface area contributed by atoms with E-state index in [2.05, 4.69) is 0 Å². The molecule has 1 atom stereocenters. The minimum absolute atomic E-state index is 0.0609. The molecule has 0 aromatic heterocycles. The number of phenols is 1. The molecule has 0 aliphatic heterocycles. The molecule has 5 N–H and O–H groups in total. The SMILES string of the molecule is COC(CS(N)(=O)=O)c1ccc(O)c(N)c1. The molecule has 0 fully saturated rings. The molecule has 0 saturated carbocycles. The van der Waals surface area contributed by atoms with Gasteiger partial charge in [0.15, 0.2) is 0 Å². The van der Waals surface area contributed by atoms with E-state index in [1.807, 2.05) is 0 Å². The van der Waals surface area contributed by atoms with E-state index >= 15 is 0 Å². The summed E-state index contributed by atoms with van der Waals surface area (Å²) < 4.78 is 26.9. The summed E-state index contributed by atoms with van der Waals surface area (Å²) in [5, 5.41) is 14.2. The van der Waals surface area contributed by atoms with Gasteiger partial charge in [0.25, 0.3) is 0 Å². The topological polar surface area (TPSA) is 116 Å². The van der Waals surface area contributed by atoms with E-state index < -0.39 is 16.1 Å². The maximum Gasteiger partial charge on any atom is 0.211 e. The summed E-state index contributed by atoms with van der Waals surface area (Å²) in [5.74, 6) is -0.400. The summed E-state index contributed by atoms with van der Waals surface area (Å²) in [6.07, 6.45) is -0.696. The summed E-state index contributed by atoms with van der Waals surface area (Å²) in [4.78, 5) is 0. The van der Waals surface area contributed by atoms with Crippen LogP contribution in [0.1, 0.15) is 11.7 Å². The fourth-order valence-corrected chi connectivity index (χ4v) is 2.04. The van der Waals surface area contributed by atoms with Crippen molar-refractivity contribution in [3.8, 4) is 5.75 Å². The third kappa shape index (κ3) is 3.37. The first kappa shape index (κ1) is 12.8. The van der Waals surface area contributed by atoms with Crippen LogP contribution >= 0.6 is 0 Å². The van der Waals surface area contributed by atoms with Crippen molar-refractivity contribution in [2.45, 2.75) is 6.10 Å². The Morgan fingerprint density at radius 3 is 2.56 bits per heavy atom. The van der Waals surface area contributed by atoms with Gasteiger partial charge in [-0.1, -0.05) is 6.07 Å². The summed E-state index contributed by atoms with van der Waals surface area (Å²) in [5.41, 5.74) is 6.20. The highest BCUT2D eigenvalue weighted by molar-refractivity contribution is 7.89. The van der Waals surface area contributed by atoms with Gasteiger partial charge in [0, 0.05) is 7.11 Å². The summed E-state index contributed by atoms with van der Waals surface area (Å²) in [7, 11) is -2.26. The number of phenolic OH excluding ortho intramolecular Hbond substituents is 1. The van der Waals surface area contributed by atoms with E-state index in [1.165, 1.54) is 25.3 Å². The Morgan fingerprint density at radius 2 is 2.12 bits per heavy atom. The van der Waals surface area contributed by atoms with Crippen LogP contribution < -0.4 is 10.9 Å². The Balaban J connectivity index is 3.00. The summed E-state index contributed by atoms with van der Waals surface area (Å²) in [6, 6.07) is 4.36. The quantitative estimate of drug-likeness (QED) is 0.509. The normalized spacial score (nSPS) is 13.6. The van der Waals surface area contributed by atoms with Crippen LogP contribution in [0, 0.1) is 0 Å². The second kappa shape index (κ2) is 4.69. The third-order valence-electron chi connectivity index (χ3n) is 2.09. The predicted octanol–water partition coefficient (Wildman–Crippen LogP) is -0.0496. The maximum atomic E-state index is 10.9. The summed E-state index contributed by atoms with van der Waals surface area (Å²) >= 11 is 0. The molecule has 1 rings (SSSR count). The molecule has 1 unspecified atom stereocenters. The Kier molecular flexibility index (Phi) is 3.74. The predicted molar refractivity (Wildman–Crippen MR) is 60.2 cm³/mol. The fraction of sp³-hybridized carbons (Fsp3) is 0.333. The van der Waals surface area contributed by atoms with Gasteiger partial charge in [0.2, 0.25) is 10.0 Å². The van der Waals surface area contributed by atoms with E-state index in [0.717, 1.165) is 0 Å². The molecule has 0 aliphatic carbocycles. The van der Waals surface area contributed by atoms with E-state index in [-0.39, 0.29) is 17.2 Å². The Morgan fingerprint density at radius 1 is 1.50 bits per heavy atom. The standard InChI is InChI=1S/C9H14N2O4S/c1-15-9(5-16(11,13)14)6-2-3-8(12)7(10)4-6/h2-4,9,12H,5,10H2,1H3,(H2,11,13,14). The van der Waals surface area contributed by atoms with Crippen molar-refractivity contribution in [1.82, 2.24) is 0 Å². The largest absolute Gasteiger partial charge is 0.506 e. The van der Waals surface area contributed by atoms with Crippen molar-refractivity contribution in [3.63, 3.8) is 0 Å². The Hall–Kier alpha value is -1.31. The molecule has 0 radical (unpaired) electrons. The first-order valence-corrected chi connectivity index (χ1v) is 6.16. The van der Waals surface area contributed by atoms with Crippen LogP contribution in [0.15, 0.2) is 18.2 Å². The van der Waals surface area contributed by atoms with Crippen LogP contribution in [-0.2, 0) is 14.8 Å². The van der Waals surface area contributed by atoms with Crippen molar-refractivity contribution < 1.29 is 18.3 Å². The van der Waals surface area contributed by atoms with Gasteiger partial charge in [0.1, 0.15) is 5.75 Å². The molecule has 1 aromatic carbocycles. The Labute approximate surface area is 93.9 Å². The van der Waals surface area contributed by atoms with E-state index in [4.69, 9.17) is 15.6 Å². The number of ether oxygens (including phenoxy) is 1. The smallest absolute Gasteiger partial charge is 0.211 e. The van der Waals surface area contributed by atoms with E-state index in [1.54, 1.807) is 0 Å². The number of nitrogens with two attached hydrogens (primary N) is 2. The molecule has 0 bridgehead atoms. The van der Waals surface area contributed by atoms with E-state index in [9.17, 15) is 13.5 Å². The third-order valence-corrected chi connectivity index (χ3v) is 2.86. The monoisotopic (exact) mass is 246 g/mol. The first-order chi connectivity index (χ1) is 7.33. The molecule has 1 aromatic rings. The molecule has 0 saturated heterocycles. The lowest BCUT2D eigenvalue weighted by molar-refractivity contribution is 0.122. The average Bonchev–Trinajstić information content (AvgIpc) is 2.17. The number of anilines is 1. The van der Waals surface area contributed by atoms with Gasteiger partial charge in [-0.05, 0) is 17.7 Å². The van der Waals surface area contributed by atoms with Crippen molar-refractivity contribution in [2.75, 3.05) is 18.6 Å². The van der Waals surface area contributed by atoms with Gasteiger partial charge >= 0.3 is 0 Å². The highest BCUT2D eigenvalue weighted by Crippen LogP contribution is 2.26. The zero-order valence-corrected chi connectivity index (χ0v) is 9.57. The molecule has 6 nitrogen and oxygen atoms in total. The number of aromatic hydroxyl groups is 1. The lowest BCUT2D eigenvalue weighted by Gasteiger charge is -2.15. The number of methoxy groups -OCH3 is 1. The molecular formula is C9H14N2O4S. The van der Waals surface area contributed by atoms with Crippen molar-refractivity contribution >= 4 is 15.7 Å². The lowest BCUT2D eigenvalue weighted by atomic mass is 10.1. The highest BCUT2D eigenvalue weighted by Gasteiger charge is 2.18. The number of rotatable bonds is 4. The van der Waals surface area contributed by atoms with Gasteiger partial charge in [-0.2, -0.15) is 0 Å². The lowest BCUT2D eigenvalue weighted by Crippen LogP contribution is -2.23. The average molecular weight is 246 g/mol. The second-order valence-corrected chi connectivity index (χ2v) is 5.03. The zero-order chi connectivity index (χ0) is 12.3. The minimum atomic E-state index is -3.63. The molecule has 90 valence electrons. The number of primary sulfonamides is 1. The zero-order valence-electron chi connectivity index (χ0n) is 8.75. The van der Waals surface area contributed by atoms with Crippen molar-refractivity contribution in [3.05, 3.63) is 23.8 Å². The number of hydrogen-bond donors (Lipinski definition) is 3. The van der Waals surface area contributed by atoms with Crippen molar-refractivity contribution in [2.24, 2.45) is 5.14 Å².